The zero-order valence-corrected chi connectivity index (χ0v) is 22.8. The van der Waals surface area contributed by atoms with Gasteiger partial charge in [0.25, 0.3) is 0 Å². The van der Waals surface area contributed by atoms with Crippen LogP contribution >= 0.6 is 31.9 Å². The minimum atomic E-state index is -0.392. The Morgan fingerprint density at radius 1 is 0.943 bits per heavy atom. The number of likely N-dealkylation sites (N-methyl/N-ethyl adjacent to an activating group) is 1. The molecule has 1 aromatic heterocycles. The Bertz CT molecular complexity index is 1090. The van der Waals surface area contributed by atoms with Crippen molar-refractivity contribution in [1.29, 1.82) is 0 Å². The molecule has 4 rings (SSSR count). The van der Waals surface area contributed by atoms with Crippen molar-refractivity contribution in [1.82, 2.24) is 14.7 Å². The number of nitrogens with zero attached hydrogens (tertiary/aromatic N) is 3. The molecule has 3 aromatic rings. The third-order valence-corrected chi connectivity index (χ3v) is 7.03. The molecule has 1 aliphatic rings. The zero-order valence-electron chi connectivity index (χ0n) is 19.7. The van der Waals surface area contributed by atoms with E-state index in [1.54, 1.807) is 11.9 Å². The second-order valence-corrected chi connectivity index (χ2v) is 9.32. The predicted octanol–water partition coefficient (Wildman–Crippen LogP) is 5.54. The van der Waals surface area contributed by atoms with E-state index in [9.17, 15) is 4.79 Å². The lowest BCUT2D eigenvalue weighted by atomic mass is 10.1. The number of benzene rings is 2. The normalized spacial score (nSPS) is 12.4. The fourth-order valence-corrected chi connectivity index (χ4v) is 4.80. The fraction of sp³-hybridized carbons (Fsp3) is 0.385. The first kappa shape index (κ1) is 25.9. The third kappa shape index (κ3) is 6.33. The van der Waals surface area contributed by atoms with Gasteiger partial charge >= 0.3 is 6.09 Å². The Kier molecular flexibility index (Phi) is 9.37. The third-order valence-electron chi connectivity index (χ3n) is 5.89. The van der Waals surface area contributed by atoms with Gasteiger partial charge in [-0.25, -0.2) is 4.79 Å². The van der Waals surface area contributed by atoms with Crippen LogP contribution in [-0.4, -0.2) is 60.8 Å². The average Bonchev–Trinajstić information content (AvgIpc) is 3.44. The Labute approximate surface area is 222 Å². The Balaban J connectivity index is 1.15. The highest BCUT2D eigenvalue weighted by Gasteiger charge is 2.31. The van der Waals surface area contributed by atoms with Crippen molar-refractivity contribution in [3.8, 4) is 11.1 Å². The second-order valence-electron chi connectivity index (χ2n) is 8.20. The molecule has 0 fully saturated rings. The van der Waals surface area contributed by atoms with Crippen molar-refractivity contribution in [3.63, 3.8) is 0 Å². The molecular weight excluding hydrogens is 578 g/mol. The van der Waals surface area contributed by atoms with E-state index in [2.05, 4.69) is 55.2 Å². The monoisotopic (exact) mass is 605 g/mol. The highest BCUT2D eigenvalue weighted by Crippen LogP contribution is 2.45. The van der Waals surface area contributed by atoms with Crippen LogP contribution in [0.25, 0.3) is 11.1 Å². The van der Waals surface area contributed by atoms with Crippen molar-refractivity contribution < 1.29 is 19.0 Å². The highest BCUT2D eigenvalue weighted by atomic mass is 79.9. The van der Waals surface area contributed by atoms with Gasteiger partial charge in [-0.05, 0) is 17.2 Å². The summed E-state index contributed by atoms with van der Waals surface area (Å²) in [5.74, 6) is 0. The number of carbonyl (C=O) groups is 1. The summed E-state index contributed by atoms with van der Waals surface area (Å²) in [6.07, 6.45) is -0.761. The van der Waals surface area contributed by atoms with Gasteiger partial charge in [0.15, 0.2) is 6.10 Å². The molecule has 1 heterocycles. The Morgan fingerprint density at radius 2 is 1.57 bits per heavy atom. The number of alkyl halides is 2. The van der Waals surface area contributed by atoms with Crippen molar-refractivity contribution in [3.05, 3.63) is 77.1 Å². The van der Waals surface area contributed by atoms with Crippen LogP contribution in [-0.2, 0) is 31.4 Å². The molecule has 0 radical (unpaired) electrons. The highest BCUT2D eigenvalue weighted by molar-refractivity contribution is 9.08. The van der Waals surface area contributed by atoms with E-state index < -0.39 is 6.10 Å². The molecule has 0 bridgehead atoms. The summed E-state index contributed by atoms with van der Waals surface area (Å²) in [6, 6.07) is 18.2. The molecule has 0 saturated heterocycles. The van der Waals surface area contributed by atoms with Gasteiger partial charge < -0.3 is 19.1 Å². The number of hydrogen-bond acceptors (Lipinski definition) is 5. The number of carbonyl (C=O) groups excluding carboxylic acids is 1. The number of amides is 1. The molecule has 9 heteroatoms. The average molecular weight is 607 g/mol. The minimum Gasteiger partial charge on any atom is -0.436 e. The van der Waals surface area contributed by atoms with Crippen LogP contribution < -0.4 is 0 Å². The molecule has 0 N–H and O–H groups in total. The van der Waals surface area contributed by atoms with Crippen LogP contribution in [0.1, 0.15) is 28.6 Å². The van der Waals surface area contributed by atoms with Gasteiger partial charge in [-0.1, -0.05) is 80.4 Å². The molecule has 0 atom stereocenters. The quantitative estimate of drug-likeness (QED) is 0.200. The Hall–Kier alpha value is -2.20. The van der Waals surface area contributed by atoms with Crippen LogP contribution in [0.4, 0.5) is 4.79 Å². The van der Waals surface area contributed by atoms with Crippen LogP contribution in [0.2, 0.25) is 0 Å². The van der Waals surface area contributed by atoms with Crippen molar-refractivity contribution in [2.24, 2.45) is 0 Å². The Morgan fingerprint density at radius 3 is 2.20 bits per heavy atom. The first-order valence-corrected chi connectivity index (χ1v) is 13.8. The largest absolute Gasteiger partial charge is 0.436 e. The molecule has 7 nitrogen and oxygen atoms in total. The smallest absolute Gasteiger partial charge is 0.410 e. The van der Waals surface area contributed by atoms with Crippen molar-refractivity contribution >= 4 is 38.0 Å². The topological polar surface area (TPSA) is 65.8 Å². The standard InChI is InChI=1S/C26H29Br2N3O4/c1-30(10-12-33-14-15-34-13-11-31-20(18-28)16-19(17-27)29-31)26(32)35-25-23-8-4-2-6-21(23)22-7-3-5-9-24(22)25/h2-9,16,25H,10-15,17-18H2,1H3. The number of fused-ring (bicyclic) bond motifs is 3. The van der Waals surface area contributed by atoms with Crippen molar-refractivity contribution in [2.75, 3.05) is 40.0 Å². The van der Waals surface area contributed by atoms with Crippen LogP contribution in [0, 0.1) is 0 Å². The fourth-order valence-electron chi connectivity index (χ4n) is 4.07. The molecule has 0 spiro atoms. The van der Waals surface area contributed by atoms with Crippen molar-refractivity contribution in [2.45, 2.75) is 23.3 Å². The molecule has 0 saturated carbocycles. The van der Waals surface area contributed by atoms with Crippen LogP contribution in [0.3, 0.4) is 0 Å². The SMILES string of the molecule is CN(CCOCCOCCn1nc(CBr)cc1CBr)C(=O)OC1c2ccccc2-c2ccccc21. The summed E-state index contributed by atoms with van der Waals surface area (Å²) < 4.78 is 19.2. The summed E-state index contributed by atoms with van der Waals surface area (Å²) in [7, 11) is 1.72. The van der Waals surface area contributed by atoms with Crippen LogP contribution in [0.15, 0.2) is 54.6 Å². The first-order valence-electron chi connectivity index (χ1n) is 11.6. The van der Waals surface area contributed by atoms with Gasteiger partial charge in [0.2, 0.25) is 0 Å². The van der Waals surface area contributed by atoms with Gasteiger partial charge in [0.05, 0.1) is 38.7 Å². The van der Waals surface area contributed by atoms with Gasteiger partial charge in [-0.2, -0.15) is 5.10 Å². The molecular formula is C26H29Br2N3O4. The van der Waals surface area contributed by atoms with E-state index in [0.717, 1.165) is 44.3 Å². The number of hydrogen-bond donors (Lipinski definition) is 0. The number of rotatable bonds is 12. The maximum absolute atomic E-state index is 12.7. The molecule has 0 unspecified atom stereocenters. The lowest BCUT2D eigenvalue weighted by Crippen LogP contribution is -2.32. The molecule has 35 heavy (non-hydrogen) atoms. The summed E-state index contributed by atoms with van der Waals surface area (Å²) in [6.45, 7) is 3.04. The molecule has 1 amide bonds. The molecule has 1 aliphatic carbocycles. The van der Waals surface area contributed by atoms with Gasteiger partial charge in [-0.15, -0.1) is 0 Å². The number of halogens is 2. The molecule has 2 aromatic carbocycles. The second kappa shape index (κ2) is 12.7. The molecule has 186 valence electrons. The zero-order chi connectivity index (χ0) is 24.6. The van der Waals surface area contributed by atoms with E-state index >= 15 is 0 Å². The summed E-state index contributed by atoms with van der Waals surface area (Å²) in [4.78, 5) is 14.3. The van der Waals surface area contributed by atoms with Gasteiger partial charge in [0, 0.05) is 41.1 Å². The number of aromatic nitrogens is 2. The molecule has 0 aliphatic heterocycles. The maximum Gasteiger partial charge on any atom is 0.410 e. The minimum absolute atomic E-state index is 0.369. The lowest BCUT2D eigenvalue weighted by Gasteiger charge is -2.21. The predicted molar refractivity (Wildman–Crippen MR) is 142 cm³/mol. The van der Waals surface area contributed by atoms with E-state index in [0.29, 0.717) is 39.5 Å². The van der Waals surface area contributed by atoms with E-state index in [4.69, 9.17) is 14.2 Å². The summed E-state index contributed by atoms with van der Waals surface area (Å²) >= 11 is 6.92. The maximum atomic E-state index is 12.7. The van der Waals surface area contributed by atoms with Gasteiger partial charge in [0.1, 0.15) is 0 Å². The van der Waals surface area contributed by atoms with E-state index in [1.165, 1.54) is 0 Å². The van der Waals surface area contributed by atoms with Gasteiger partial charge in [-0.3, -0.25) is 4.68 Å². The van der Waals surface area contributed by atoms with E-state index in [1.807, 2.05) is 41.1 Å². The lowest BCUT2D eigenvalue weighted by molar-refractivity contribution is 0.0329. The first-order chi connectivity index (χ1) is 17.1. The summed E-state index contributed by atoms with van der Waals surface area (Å²) in [5.41, 5.74) is 6.40. The van der Waals surface area contributed by atoms with E-state index in [-0.39, 0.29) is 6.09 Å². The summed E-state index contributed by atoms with van der Waals surface area (Å²) in [5, 5.41) is 6.01. The van der Waals surface area contributed by atoms with Crippen LogP contribution in [0.5, 0.6) is 0 Å². The number of ether oxygens (including phenoxy) is 3.